The van der Waals surface area contributed by atoms with Crippen molar-refractivity contribution >= 4 is 11.9 Å². The molecule has 0 radical (unpaired) electrons. The van der Waals surface area contributed by atoms with Crippen LogP contribution in [0.4, 0.5) is 0 Å². The van der Waals surface area contributed by atoms with Gasteiger partial charge in [0, 0.05) is 0 Å². The average Bonchev–Trinajstić information content (AvgIpc) is 2.62. The Morgan fingerprint density at radius 3 is 1.85 bits per heavy atom. The number of carboxylic acid groups (broad SMARTS) is 1. The number of ether oxygens (including phenoxy) is 1. The number of hydrogen-bond donors (Lipinski definition) is 1. The molecule has 2 unspecified atom stereocenters. The number of rotatable bonds is 14. The van der Waals surface area contributed by atoms with Crippen LogP contribution >= 0.6 is 0 Å². The Balaban J connectivity index is 2.19. The van der Waals surface area contributed by atoms with E-state index >= 15 is 0 Å². The van der Waals surface area contributed by atoms with E-state index in [4.69, 9.17) is 4.74 Å². The minimum atomic E-state index is -0.857. The average molecular weight is 383 g/mol. The van der Waals surface area contributed by atoms with Crippen molar-refractivity contribution in [1.29, 1.82) is 0 Å². The zero-order chi connectivity index (χ0) is 20.1. The lowest BCUT2D eigenvalue weighted by molar-refractivity contribution is -0.170. The largest absolute Gasteiger partial charge is 0.481 e. The Morgan fingerprint density at radius 2 is 1.33 bits per heavy atom. The van der Waals surface area contributed by atoms with Gasteiger partial charge in [-0.05, 0) is 39.5 Å². The monoisotopic (exact) mass is 382 g/mol. The highest BCUT2D eigenvalue weighted by atomic mass is 16.6. The van der Waals surface area contributed by atoms with Crippen LogP contribution in [0.25, 0.3) is 0 Å². The predicted octanol–water partition coefficient (Wildman–Crippen LogP) is 6.51. The third-order valence-electron chi connectivity index (χ3n) is 5.90. The number of unbranched alkanes of at least 4 members (excludes halogenated alkanes) is 9. The summed E-state index contributed by atoms with van der Waals surface area (Å²) in [5.41, 5.74) is -0.502. The fourth-order valence-corrected chi connectivity index (χ4v) is 4.15. The highest BCUT2D eigenvalue weighted by Gasteiger charge is 2.38. The van der Waals surface area contributed by atoms with Crippen molar-refractivity contribution in [2.24, 2.45) is 11.8 Å². The number of esters is 1. The summed E-state index contributed by atoms with van der Waals surface area (Å²) in [6, 6.07) is 0. The van der Waals surface area contributed by atoms with Gasteiger partial charge in [0.25, 0.3) is 0 Å². The Hall–Kier alpha value is -1.06. The fourth-order valence-electron chi connectivity index (χ4n) is 4.15. The molecule has 4 heteroatoms. The van der Waals surface area contributed by atoms with Crippen molar-refractivity contribution in [2.45, 2.75) is 123 Å². The summed E-state index contributed by atoms with van der Waals surface area (Å²) in [4.78, 5) is 23.9. The molecule has 0 aromatic heterocycles. The van der Waals surface area contributed by atoms with Crippen molar-refractivity contribution < 1.29 is 19.4 Å². The first-order valence-electron chi connectivity index (χ1n) is 11.3. The van der Waals surface area contributed by atoms with Crippen LogP contribution in [0.3, 0.4) is 0 Å². The van der Waals surface area contributed by atoms with E-state index in [1.807, 2.05) is 13.8 Å². The quantitative estimate of drug-likeness (QED) is 0.275. The van der Waals surface area contributed by atoms with Crippen LogP contribution < -0.4 is 0 Å². The SMILES string of the molecule is CCCCCCCCCCCCC(C)(C)OC(=O)C1CCCCC1C(=O)O. The topological polar surface area (TPSA) is 63.6 Å². The maximum absolute atomic E-state index is 12.5. The van der Waals surface area contributed by atoms with E-state index in [1.165, 1.54) is 57.8 Å². The van der Waals surface area contributed by atoms with Crippen molar-refractivity contribution in [3.05, 3.63) is 0 Å². The van der Waals surface area contributed by atoms with E-state index in [0.717, 1.165) is 25.7 Å². The lowest BCUT2D eigenvalue weighted by Gasteiger charge is -2.32. The molecule has 1 N–H and O–H groups in total. The molecule has 0 heterocycles. The molecule has 1 fully saturated rings. The van der Waals surface area contributed by atoms with E-state index in [9.17, 15) is 14.7 Å². The van der Waals surface area contributed by atoms with Gasteiger partial charge in [-0.3, -0.25) is 9.59 Å². The minimum absolute atomic E-state index is 0.306. The molecule has 0 aromatic carbocycles. The van der Waals surface area contributed by atoms with Crippen molar-refractivity contribution in [3.8, 4) is 0 Å². The van der Waals surface area contributed by atoms with Gasteiger partial charge in [0.05, 0.1) is 11.8 Å². The van der Waals surface area contributed by atoms with Crippen LogP contribution in [0, 0.1) is 11.8 Å². The summed E-state index contributed by atoms with van der Waals surface area (Å²) in [6.07, 6.45) is 16.8. The van der Waals surface area contributed by atoms with Gasteiger partial charge in [0.15, 0.2) is 0 Å². The van der Waals surface area contributed by atoms with Gasteiger partial charge in [-0.15, -0.1) is 0 Å². The lowest BCUT2D eigenvalue weighted by Crippen LogP contribution is -2.38. The zero-order valence-electron chi connectivity index (χ0n) is 17.9. The molecule has 2 atom stereocenters. The van der Waals surface area contributed by atoms with Gasteiger partial charge in [0.2, 0.25) is 0 Å². The first-order chi connectivity index (χ1) is 12.9. The van der Waals surface area contributed by atoms with Crippen LogP contribution in [0.15, 0.2) is 0 Å². The van der Waals surface area contributed by atoms with Gasteiger partial charge in [-0.25, -0.2) is 0 Å². The molecule has 0 amide bonds. The first kappa shape index (κ1) is 24.0. The molecule has 0 bridgehead atoms. The van der Waals surface area contributed by atoms with E-state index in [1.54, 1.807) is 0 Å². The predicted molar refractivity (Wildman–Crippen MR) is 110 cm³/mol. The smallest absolute Gasteiger partial charge is 0.310 e. The third kappa shape index (κ3) is 10.2. The Morgan fingerprint density at radius 1 is 0.852 bits per heavy atom. The number of aliphatic carboxylic acids is 1. The van der Waals surface area contributed by atoms with Gasteiger partial charge < -0.3 is 9.84 Å². The number of carboxylic acids is 1. The summed E-state index contributed by atoms with van der Waals surface area (Å²) in [5.74, 6) is -2.20. The van der Waals surface area contributed by atoms with Gasteiger partial charge in [0.1, 0.15) is 5.60 Å². The molecule has 27 heavy (non-hydrogen) atoms. The molecule has 1 rings (SSSR count). The van der Waals surface area contributed by atoms with Crippen LogP contribution in [0.1, 0.15) is 117 Å². The zero-order valence-corrected chi connectivity index (χ0v) is 17.9. The van der Waals surface area contributed by atoms with E-state index < -0.39 is 23.4 Å². The molecule has 0 aromatic rings. The number of carbonyl (C=O) groups excluding carboxylic acids is 1. The summed E-state index contributed by atoms with van der Waals surface area (Å²) in [6.45, 7) is 6.16. The molecule has 0 spiro atoms. The lowest BCUT2D eigenvalue weighted by atomic mass is 9.79. The Labute approximate surface area is 166 Å². The highest BCUT2D eigenvalue weighted by molar-refractivity contribution is 5.81. The summed E-state index contributed by atoms with van der Waals surface area (Å²) in [5, 5.41) is 9.35. The second kappa shape index (κ2) is 13.2. The first-order valence-corrected chi connectivity index (χ1v) is 11.3. The van der Waals surface area contributed by atoms with Gasteiger partial charge in [-0.1, -0.05) is 77.6 Å². The number of carbonyl (C=O) groups is 2. The Kier molecular flexibility index (Phi) is 11.7. The molecule has 1 saturated carbocycles. The van der Waals surface area contributed by atoms with Crippen LogP contribution in [-0.2, 0) is 14.3 Å². The van der Waals surface area contributed by atoms with Crippen molar-refractivity contribution in [3.63, 3.8) is 0 Å². The maximum atomic E-state index is 12.5. The standard InChI is InChI=1S/C23H42O4/c1-4-5-6-7-8-9-10-11-12-15-18-23(2,3)27-22(26)20-17-14-13-16-19(20)21(24)25/h19-20H,4-18H2,1-3H3,(H,24,25). The van der Waals surface area contributed by atoms with Gasteiger partial charge >= 0.3 is 11.9 Å². The third-order valence-corrected chi connectivity index (χ3v) is 5.90. The second-order valence-corrected chi connectivity index (χ2v) is 8.95. The summed E-state index contributed by atoms with van der Waals surface area (Å²) in [7, 11) is 0. The second-order valence-electron chi connectivity index (χ2n) is 8.95. The van der Waals surface area contributed by atoms with E-state index in [0.29, 0.717) is 12.8 Å². The Bertz CT molecular complexity index is 430. The fraction of sp³-hybridized carbons (Fsp3) is 0.913. The van der Waals surface area contributed by atoms with Gasteiger partial charge in [-0.2, -0.15) is 0 Å². The van der Waals surface area contributed by atoms with Crippen LogP contribution in [0.5, 0.6) is 0 Å². The molecule has 1 aliphatic carbocycles. The molecule has 158 valence electrons. The normalized spacial score (nSPS) is 20.4. The molecular weight excluding hydrogens is 340 g/mol. The van der Waals surface area contributed by atoms with E-state index in [-0.39, 0.29) is 5.97 Å². The molecule has 0 aliphatic heterocycles. The molecule has 0 saturated heterocycles. The molecular formula is C23H42O4. The molecule has 1 aliphatic rings. The van der Waals surface area contributed by atoms with Crippen molar-refractivity contribution in [2.75, 3.05) is 0 Å². The van der Waals surface area contributed by atoms with Crippen LogP contribution in [0.2, 0.25) is 0 Å². The van der Waals surface area contributed by atoms with Crippen molar-refractivity contribution in [1.82, 2.24) is 0 Å². The van der Waals surface area contributed by atoms with E-state index in [2.05, 4.69) is 6.92 Å². The molecule has 4 nitrogen and oxygen atoms in total. The number of hydrogen-bond acceptors (Lipinski definition) is 3. The summed E-state index contributed by atoms with van der Waals surface area (Å²) >= 11 is 0. The maximum Gasteiger partial charge on any atom is 0.310 e. The summed E-state index contributed by atoms with van der Waals surface area (Å²) < 4.78 is 5.74. The minimum Gasteiger partial charge on any atom is -0.481 e. The highest BCUT2D eigenvalue weighted by Crippen LogP contribution is 2.33. The van der Waals surface area contributed by atoms with Crippen LogP contribution in [-0.4, -0.2) is 22.6 Å².